The minimum Gasteiger partial charge on any atom is -0.399 e. The van der Waals surface area contributed by atoms with Gasteiger partial charge in [-0.2, -0.15) is 0 Å². The topological polar surface area (TPSA) is 87.5 Å². The molecule has 0 atom stereocenters. The average molecular weight is 292 g/mol. The molecule has 0 radical (unpaired) electrons. The van der Waals surface area contributed by atoms with E-state index in [1.54, 1.807) is 30.1 Å². The van der Waals surface area contributed by atoms with Crippen LogP contribution in [0.4, 0.5) is 11.4 Å². The molecule has 0 fully saturated rings. The van der Waals surface area contributed by atoms with Gasteiger partial charge in [0.05, 0.1) is 17.8 Å². The number of nitrogens with two attached hydrogens (primary N) is 1. The lowest BCUT2D eigenvalue weighted by molar-refractivity contribution is -0.120. The number of likely N-dealkylation sites (N-methyl/N-ethyl adjacent to an activating group) is 1. The Hall–Kier alpha value is -2.24. The van der Waals surface area contributed by atoms with E-state index in [4.69, 9.17) is 5.73 Å². The Morgan fingerprint density at radius 3 is 2.57 bits per heavy atom. The van der Waals surface area contributed by atoms with E-state index < -0.39 is 0 Å². The van der Waals surface area contributed by atoms with Gasteiger partial charge in [0.2, 0.25) is 5.91 Å². The molecule has 0 aliphatic carbocycles. The Labute approximate surface area is 125 Å². The van der Waals surface area contributed by atoms with E-state index in [1.165, 1.54) is 0 Å². The molecule has 6 nitrogen and oxygen atoms in total. The van der Waals surface area contributed by atoms with Crippen molar-refractivity contribution in [2.75, 3.05) is 30.8 Å². The molecule has 0 aliphatic heterocycles. The molecule has 0 aromatic heterocycles. The fourth-order valence-corrected chi connectivity index (χ4v) is 1.98. The van der Waals surface area contributed by atoms with Crippen molar-refractivity contribution in [2.45, 2.75) is 26.8 Å². The van der Waals surface area contributed by atoms with Crippen LogP contribution in [0, 0.1) is 0 Å². The molecule has 0 saturated carbocycles. The highest BCUT2D eigenvalue weighted by molar-refractivity contribution is 6.01. The van der Waals surface area contributed by atoms with Gasteiger partial charge in [0, 0.05) is 25.3 Å². The van der Waals surface area contributed by atoms with E-state index in [0.717, 1.165) is 0 Å². The number of benzene rings is 1. The lowest BCUT2D eigenvalue weighted by Crippen LogP contribution is -2.39. The Morgan fingerprint density at radius 1 is 1.33 bits per heavy atom. The van der Waals surface area contributed by atoms with Crippen LogP contribution in [0.2, 0.25) is 0 Å². The molecular formula is C15H24N4O2. The fourth-order valence-electron chi connectivity index (χ4n) is 1.98. The zero-order valence-electron chi connectivity index (χ0n) is 13.1. The molecule has 0 spiro atoms. The zero-order chi connectivity index (χ0) is 16.0. The molecule has 0 saturated heterocycles. The highest BCUT2D eigenvalue weighted by Gasteiger charge is 2.16. The number of carbonyl (C=O) groups excluding carboxylic acids is 2. The van der Waals surface area contributed by atoms with Crippen LogP contribution in [0.5, 0.6) is 0 Å². The number of nitrogen functional groups attached to an aromatic ring is 1. The van der Waals surface area contributed by atoms with Crippen LogP contribution in [0.3, 0.4) is 0 Å². The molecule has 0 aliphatic rings. The molecule has 1 aromatic rings. The summed E-state index contributed by atoms with van der Waals surface area (Å²) >= 11 is 0. The Kier molecular flexibility index (Phi) is 6.02. The zero-order valence-corrected chi connectivity index (χ0v) is 13.1. The Morgan fingerprint density at radius 2 is 2.00 bits per heavy atom. The molecule has 1 rings (SSSR count). The molecule has 0 unspecified atom stereocenters. The predicted molar refractivity (Wildman–Crippen MR) is 85.4 cm³/mol. The first-order valence-corrected chi connectivity index (χ1v) is 7.03. The smallest absolute Gasteiger partial charge is 0.253 e. The van der Waals surface area contributed by atoms with Crippen molar-refractivity contribution in [1.29, 1.82) is 0 Å². The van der Waals surface area contributed by atoms with Gasteiger partial charge in [0.1, 0.15) is 0 Å². The summed E-state index contributed by atoms with van der Waals surface area (Å²) in [6, 6.07) is 5.13. The third-order valence-electron chi connectivity index (χ3n) is 2.85. The SMILES string of the molecule is CCNC(=O)c1ccc(N)cc1N(C)CC(=O)NC(C)C. The van der Waals surface area contributed by atoms with Crippen molar-refractivity contribution in [3.8, 4) is 0 Å². The number of hydrogen-bond acceptors (Lipinski definition) is 4. The molecular weight excluding hydrogens is 268 g/mol. The van der Waals surface area contributed by atoms with Crippen LogP contribution >= 0.6 is 0 Å². The van der Waals surface area contributed by atoms with E-state index in [-0.39, 0.29) is 24.4 Å². The van der Waals surface area contributed by atoms with Gasteiger partial charge in [-0.3, -0.25) is 9.59 Å². The van der Waals surface area contributed by atoms with E-state index in [0.29, 0.717) is 23.5 Å². The van der Waals surface area contributed by atoms with Crippen LogP contribution in [-0.2, 0) is 4.79 Å². The van der Waals surface area contributed by atoms with Gasteiger partial charge in [0.25, 0.3) is 5.91 Å². The van der Waals surface area contributed by atoms with E-state index >= 15 is 0 Å². The van der Waals surface area contributed by atoms with Crippen molar-refractivity contribution in [3.05, 3.63) is 23.8 Å². The van der Waals surface area contributed by atoms with Crippen LogP contribution in [-0.4, -0.2) is 38.0 Å². The number of nitrogens with zero attached hydrogens (tertiary/aromatic N) is 1. The number of amides is 2. The van der Waals surface area contributed by atoms with Gasteiger partial charge in [-0.25, -0.2) is 0 Å². The largest absolute Gasteiger partial charge is 0.399 e. The standard InChI is InChI=1S/C15H24N4O2/c1-5-17-15(21)12-7-6-11(16)8-13(12)19(4)9-14(20)18-10(2)3/h6-8,10H,5,9,16H2,1-4H3,(H,17,21)(H,18,20). The quantitative estimate of drug-likeness (QED) is 0.682. The minimum atomic E-state index is -0.177. The van der Waals surface area contributed by atoms with Crippen molar-refractivity contribution < 1.29 is 9.59 Å². The number of rotatable bonds is 6. The van der Waals surface area contributed by atoms with Crippen LogP contribution in [0.1, 0.15) is 31.1 Å². The maximum Gasteiger partial charge on any atom is 0.253 e. The summed E-state index contributed by atoms with van der Waals surface area (Å²) in [6.45, 7) is 6.36. The third kappa shape index (κ3) is 4.98. The van der Waals surface area contributed by atoms with E-state index in [1.807, 2.05) is 20.8 Å². The molecule has 2 amide bonds. The van der Waals surface area contributed by atoms with Gasteiger partial charge < -0.3 is 21.3 Å². The van der Waals surface area contributed by atoms with Gasteiger partial charge in [0.15, 0.2) is 0 Å². The second-order valence-electron chi connectivity index (χ2n) is 5.21. The Bertz CT molecular complexity index is 514. The minimum absolute atomic E-state index is 0.0783. The average Bonchev–Trinajstić information content (AvgIpc) is 2.37. The van der Waals surface area contributed by atoms with Crippen LogP contribution < -0.4 is 21.3 Å². The Balaban J connectivity index is 2.96. The van der Waals surface area contributed by atoms with Crippen LogP contribution in [0.25, 0.3) is 0 Å². The van der Waals surface area contributed by atoms with Gasteiger partial charge in [-0.1, -0.05) is 0 Å². The summed E-state index contributed by atoms with van der Waals surface area (Å²) in [4.78, 5) is 25.6. The molecule has 0 heterocycles. The van der Waals surface area contributed by atoms with Gasteiger partial charge >= 0.3 is 0 Å². The monoisotopic (exact) mass is 292 g/mol. The first kappa shape index (κ1) is 16.8. The molecule has 1 aromatic carbocycles. The summed E-state index contributed by atoms with van der Waals surface area (Å²) in [5.41, 5.74) is 7.49. The highest BCUT2D eigenvalue weighted by atomic mass is 16.2. The number of nitrogens with one attached hydrogen (secondary N) is 2. The highest BCUT2D eigenvalue weighted by Crippen LogP contribution is 2.22. The molecule has 116 valence electrons. The lowest BCUT2D eigenvalue weighted by Gasteiger charge is -2.22. The molecule has 4 N–H and O–H groups in total. The van der Waals surface area contributed by atoms with Crippen molar-refractivity contribution in [3.63, 3.8) is 0 Å². The number of hydrogen-bond donors (Lipinski definition) is 3. The summed E-state index contributed by atoms with van der Waals surface area (Å²) < 4.78 is 0. The fraction of sp³-hybridized carbons (Fsp3) is 0.467. The van der Waals surface area contributed by atoms with E-state index in [2.05, 4.69) is 10.6 Å². The van der Waals surface area contributed by atoms with Crippen molar-refractivity contribution >= 4 is 23.2 Å². The third-order valence-corrected chi connectivity index (χ3v) is 2.85. The molecule has 0 bridgehead atoms. The summed E-state index contributed by atoms with van der Waals surface area (Å²) in [7, 11) is 1.76. The van der Waals surface area contributed by atoms with E-state index in [9.17, 15) is 9.59 Å². The van der Waals surface area contributed by atoms with Gasteiger partial charge in [-0.05, 0) is 39.0 Å². The van der Waals surface area contributed by atoms with Gasteiger partial charge in [-0.15, -0.1) is 0 Å². The lowest BCUT2D eigenvalue weighted by atomic mass is 10.1. The molecule has 21 heavy (non-hydrogen) atoms. The maximum atomic E-state index is 12.1. The van der Waals surface area contributed by atoms with Crippen molar-refractivity contribution in [1.82, 2.24) is 10.6 Å². The van der Waals surface area contributed by atoms with Crippen LogP contribution in [0.15, 0.2) is 18.2 Å². The van der Waals surface area contributed by atoms with Crippen molar-refractivity contribution in [2.24, 2.45) is 0 Å². The first-order chi connectivity index (χ1) is 9.85. The first-order valence-electron chi connectivity index (χ1n) is 7.03. The summed E-state index contributed by atoms with van der Waals surface area (Å²) in [5.74, 6) is -0.277. The molecule has 6 heteroatoms. The normalized spacial score (nSPS) is 10.3. The number of carbonyl (C=O) groups is 2. The summed E-state index contributed by atoms with van der Waals surface area (Å²) in [6.07, 6.45) is 0. The maximum absolute atomic E-state index is 12.1. The predicted octanol–water partition coefficient (Wildman–Crippen LogP) is 0.979. The number of anilines is 2. The second kappa shape index (κ2) is 7.52. The second-order valence-corrected chi connectivity index (χ2v) is 5.21. The summed E-state index contributed by atoms with van der Waals surface area (Å²) in [5, 5.41) is 5.57.